The topological polar surface area (TPSA) is 24.9 Å². The van der Waals surface area contributed by atoms with E-state index in [2.05, 4.69) is 49.3 Å². The summed E-state index contributed by atoms with van der Waals surface area (Å²) < 4.78 is 1.27. The molecular weight excluding hydrogens is 204 g/mol. The molecule has 2 aromatic rings. The van der Waals surface area contributed by atoms with E-state index in [1.54, 1.807) is 11.3 Å². The van der Waals surface area contributed by atoms with Gasteiger partial charge in [-0.3, -0.25) is 0 Å². The maximum absolute atomic E-state index is 4.65. The quantitative estimate of drug-likeness (QED) is 0.841. The maximum atomic E-state index is 4.65. The summed E-state index contributed by atoms with van der Waals surface area (Å²) in [5.74, 6) is 0. The Bertz CT molecular complexity index is 485. The molecule has 0 radical (unpaired) electrons. The van der Waals surface area contributed by atoms with Gasteiger partial charge >= 0.3 is 0 Å². The van der Waals surface area contributed by atoms with E-state index in [1.165, 1.54) is 10.3 Å². The fourth-order valence-corrected chi connectivity index (χ4v) is 2.58. The Labute approximate surface area is 94.3 Å². The van der Waals surface area contributed by atoms with E-state index >= 15 is 0 Å². The molecule has 0 bridgehead atoms. The maximum Gasteiger partial charge on any atom is 0.113 e. The number of benzene rings is 1. The number of hydrogen-bond donors (Lipinski definition) is 1. The monoisotopic (exact) mass is 220 g/mol. The molecule has 0 saturated heterocycles. The lowest BCUT2D eigenvalue weighted by molar-refractivity contribution is 0.443. The van der Waals surface area contributed by atoms with E-state index in [4.69, 9.17) is 0 Å². The predicted molar refractivity (Wildman–Crippen MR) is 66.4 cm³/mol. The Morgan fingerprint density at radius 3 is 2.73 bits per heavy atom. The highest BCUT2D eigenvalue weighted by Crippen LogP contribution is 2.29. The number of nitrogens with one attached hydrogen (secondary N) is 1. The normalized spacial score (nSPS) is 12.3. The zero-order chi connectivity index (χ0) is 11.1. The molecule has 15 heavy (non-hydrogen) atoms. The van der Waals surface area contributed by atoms with Crippen molar-refractivity contribution < 1.29 is 0 Å². The Morgan fingerprint density at radius 1 is 1.33 bits per heavy atom. The molecule has 1 heterocycles. The first-order valence-electron chi connectivity index (χ1n) is 5.09. The average Bonchev–Trinajstić information content (AvgIpc) is 2.61. The molecule has 0 amide bonds. The number of fused-ring (bicyclic) bond motifs is 1. The second kappa shape index (κ2) is 3.58. The number of rotatable bonds is 2. The van der Waals surface area contributed by atoms with E-state index in [0.29, 0.717) is 0 Å². The number of nitrogens with zero attached hydrogens (tertiary/aromatic N) is 1. The summed E-state index contributed by atoms with van der Waals surface area (Å²) in [7, 11) is 1.97. The van der Waals surface area contributed by atoms with Crippen molar-refractivity contribution in [2.75, 3.05) is 7.05 Å². The Kier molecular flexibility index (Phi) is 2.52. The van der Waals surface area contributed by atoms with Crippen LogP contribution in [0.15, 0.2) is 18.2 Å². The minimum atomic E-state index is -0.0441. The van der Waals surface area contributed by atoms with Crippen molar-refractivity contribution in [1.82, 2.24) is 10.3 Å². The molecule has 0 aliphatic rings. The minimum absolute atomic E-state index is 0.0441. The van der Waals surface area contributed by atoms with Crippen LogP contribution in [0.4, 0.5) is 0 Å². The molecule has 1 aromatic carbocycles. The lowest BCUT2D eigenvalue weighted by Gasteiger charge is -2.20. The molecule has 80 valence electrons. The highest BCUT2D eigenvalue weighted by Gasteiger charge is 2.22. The smallest absolute Gasteiger partial charge is 0.113 e. The van der Waals surface area contributed by atoms with Crippen LogP contribution in [0, 0.1) is 6.92 Å². The van der Waals surface area contributed by atoms with Crippen LogP contribution in [0.2, 0.25) is 0 Å². The standard InChI is InChI=1S/C12H16N2S/c1-8-5-6-9-10(7-8)15-11(14-9)12(2,3)13-4/h5-7,13H,1-4H3. The van der Waals surface area contributed by atoms with Crippen LogP contribution in [0.25, 0.3) is 10.2 Å². The van der Waals surface area contributed by atoms with Gasteiger partial charge in [-0.15, -0.1) is 11.3 Å². The van der Waals surface area contributed by atoms with Crippen LogP contribution in [0.3, 0.4) is 0 Å². The summed E-state index contributed by atoms with van der Waals surface area (Å²) in [6.07, 6.45) is 0. The fourth-order valence-electron chi connectivity index (χ4n) is 1.41. The molecule has 1 aromatic heterocycles. The SMILES string of the molecule is CNC(C)(C)c1nc2ccc(C)cc2s1. The average molecular weight is 220 g/mol. The van der Waals surface area contributed by atoms with Gasteiger partial charge in [0.25, 0.3) is 0 Å². The van der Waals surface area contributed by atoms with Gasteiger partial charge in [0, 0.05) is 0 Å². The van der Waals surface area contributed by atoms with Crippen LogP contribution in [-0.2, 0) is 5.54 Å². The van der Waals surface area contributed by atoms with E-state index in [0.717, 1.165) is 10.5 Å². The molecule has 0 spiro atoms. The second-order valence-corrected chi connectivity index (χ2v) is 5.40. The van der Waals surface area contributed by atoms with Crippen LogP contribution in [0.5, 0.6) is 0 Å². The van der Waals surface area contributed by atoms with Gasteiger partial charge < -0.3 is 5.32 Å². The molecule has 2 rings (SSSR count). The number of hydrogen-bond acceptors (Lipinski definition) is 3. The fraction of sp³-hybridized carbons (Fsp3) is 0.417. The first kappa shape index (κ1) is 10.6. The van der Waals surface area contributed by atoms with Crippen molar-refractivity contribution in [3.63, 3.8) is 0 Å². The van der Waals surface area contributed by atoms with Crippen molar-refractivity contribution in [3.05, 3.63) is 28.8 Å². The largest absolute Gasteiger partial charge is 0.309 e. The van der Waals surface area contributed by atoms with Crippen molar-refractivity contribution in [1.29, 1.82) is 0 Å². The molecule has 1 N–H and O–H groups in total. The molecule has 2 nitrogen and oxygen atoms in total. The molecule has 0 unspecified atom stereocenters. The number of aromatic nitrogens is 1. The zero-order valence-electron chi connectivity index (χ0n) is 9.59. The number of thiazole rings is 1. The van der Waals surface area contributed by atoms with Gasteiger partial charge in [0.2, 0.25) is 0 Å². The van der Waals surface area contributed by atoms with Gasteiger partial charge in [-0.05, 0) is 45.5 Å². The second-order valence-electron chi connectivity index (χ2n) is 4.37. The lowest BCUT2D eigenvalue weighted by Crippen LogP contribution is -2.32. The van der Waals surface area contributed by atoms with Crippen molar-refractivity contribution in [2.24, 2.45) is 0 Å². The summed E-state index contributed by atoms with van der Waals surface area (Å²) in [5, 5.41) is 4.43. The highest BCUT2D eigenvalue weighted by molar-refractivity contribution is 7.18. The van der Waals surface area contributed by atoms with Crippen LogP contribution in [0.1, 0.15) is 24.4 Å². The van der Waals surface area contributed by atoms with Gasteiger partial charge in [-0.1, -0.05) is 6.07 Å². The first-order valence-corrected chi connectivity index (χ1v) is 5.91. The third-order valence-electron chi connectivity index (χ3n) is 2.70. The van der Waals surface area contributed by atoms with Crippen molar-refractivity contribution >= 4 is 21.6 Å². The first-order chi connectivity index (χ1) is 7.03. The van der Waals surface area contributed by atoms with E-state index < -0.39 is 0 Å². The Balaban J connectivity index is 2.56. The molecule has 3 heteroatoms. The molecular formula is C12H16N2S. The zero-order valence-corrected chi connectivity index (χ0v) is 10.4. The molecule has 0 atom stereocenters. The Morgan fingerprint density at radius 2 is 2.07 bits per heavy atom. The Hall–Kier alpha value is -0.930. The van der Waals surface area contributed by atoms with Crippen LogP contribution >= 0.6 is 11.3 Å². The summed E-state index contributed by atoms with van der Waals surface area (Å²) in [4.78, 5) is 4.65. The summed E-state index contributed by atoms with van der Waals surface area (Å²) >= 11 is 1.77. The highest BCUT2D eigenvalue weighted by atomic mass is 32.1. The van der Waals surface area contributed by atoms with Crippen molar-refractivity contribution in [2.45, 2.75) is 26.3 Å². The molecule has 0 saturated carbocycles. The van der Waals surface area contributed by atoms with E-state index in [1.807, 2.05) is 7.05 Å². The van der Waals surface area contributed by atoms with Gasteiger partial charge in [0.1, 0.15) is 5.01 Å². The van der Waals surface area contributed by atoms with Gasteiger partial charge in [0.15, 0.2) is 0 Å². The van der Waals surface area contributed by atoms with E-state index in [9.17, 15) is 0 Å². The summed E-state index contributed by atoms with van der Waals surface area (Å²) in [6.45, 7) is 6.41. The third-order valence-corrected chi connectivity index (χ3v) is 4.05. The van der Waals surface area contributed by atoms with Gasteiger partial charge in [-0.2, -0.15) is 0 Å². The lowest BCUT2D eigenvalue weighted by atomic mass is 10.1. The molecule has 0 aliphatic carbocycles. The minimum Gasteiger partial charge on any atom is -0.309 e. The van der Waals surface area contributed by atoms with Crippen LogP contribution in [-0.4, -0.2) is 12.0 Å². The van der Waals surface area contributed by atoms with Gasteiger partial charge in [0.05, 0.1) is 15.8 Å². The predicted octanol–water partition coefficient (Wildman–Crippen LogP) is 3.06. The van der Waals surface area contributed by atoms with E-state index in [-0.39, 0.29) is 5.54 Å². The third kappa shape index (κ3) is 1.90. The molecule has 0 aliphatic heterocycles. The summed E-state index contributed by atoms with van der Waals surface area (Å²) in [5.41, 5.74) is 2.35. The van der Waals surface area contributed by atoms with Crippen molar-refractivity contribution in [3.8, 4) is 0 Å². The number of aryl methyl sites for hydroxylation is 1. The van der Waals surface area contributed by atoms with Gasteiger partial charge in [-0.25, -0.2) is 4.98 Å². The molecule has 0 fully saturated rings. The van der Waals surface area contributed by atoms with Crippen LogP contribution < -0.4 is 5.32 Å². The summed E-state index contributed by atoms with van der Waals surface area (Å²) in [6, 6.07) is 6.40.